The molecule has 0 aliphatic heterocycles. The predicted octanol–water partition coefficient (Wildman–Crippen LogP) is -4.68. The minimum Gasteiger partial charge on any atom is -0.481 e. The van der Waals surface area contributed by atoms with Gasteiger partial charge in [-0.2, -0.15) is 0 Å². The van der Waals surface area contributed by atoms with E-state index in [0.29, 0.717) is 0 Å². The monoisotopic (exact) mass is 428 g/mol. The van der Waals surface area contributed by atoms with Crippen molar-refractivity contribution in [2.75, 3.05) is 0 Å². The first kappa shape index (κ1) is 78.2. The Labute approximate surface area is 142 Å². The molecule has 0 fully saturated rings. The van der Waals surface area contributed by atoms with Crippen molar-refractivity contribution >= 4 is 17.9 Å². The molecule has 19 heavy (non-hydrogen) atoms. The van der Waals surface area contributed by atoms with E-state index in [4.69, 9.17) is 29.7 Å². The Morgan fingerprint density at radius 1 is 0.526 bits per heavy atom. The standard InChI is InChI=1S/3C2H4O2.Ce.6H2O/c3*1-2(3)4;;;;;;;/h3*1H3,(H,3,4);;6*1H2. The smallest absolute Gasteiger partial charge is 0.300 e. The summed E-state index contributed by atoms with van der Waals surface area (Å²) < 4.78 is 0. The quantitative estimate of drug-likeness (QED) is 0.340. The fraction of sp³-hybridized carbons (Fsp3) is 0.500. The maximum absolute atomic E-state index is 9.00. The second-order valence-electron chi connectivity index (χ2n) is 1.56. The van der Waals surface area contributed by atoms with Crippen LogP contribution in [0.1, 0.15) is 20.8 Å². The Kier molecular flexibility index (Phi) is 271. The van der Waals surface area contributed by atoms with Gasteiger partial charge < -0.3 is 48.2 Å². The van der Waals surface area contributed by atoms with Crippen LogP contribution >= 0.6 is 0 Å². The summed E-state index contributed by atoms with van der Waals surface area (Å²) in [5, 5.41) is 22.2. The van der Waals surface area contributed by atoms with E-state index in [0.717, 1.165) is 20.8 Å². The second-order valence-corrected chi connectivity index (χ2v) is 1.56. The summed E-state index contributed by atoms with van der Waals surface area (Å²) in [6, 6.07) is 0. The first-order valence-corrected chi connectivity index (χ1v) is 2.78. The van der Waals surface area contributed by atoms with Gasteiger partial charge in [0.1, 0.15) is 0 Å². The molecule has 0 saturated carbocycles. The maximum Gasteiger partial charge on any atom is 0.300 e. The number of carboxylic acid groups (broad SMARTS) is 3. The molecule has 0 radical (unpaired) electrons. The second kappa shape index (κ2) is 65.8. The van der Waals surface area contributed by atoms with Crippen molar-refractivity contribution in [3.8, 4) is 0 Å². The average molecular weight is 428 g/mol. The van der Waals surface area contributed by atoms with Crippen molar-refractivity contribution in [1.82, 2.24) is 0 Å². The number of carboxylic acids is 3. The van der Waals surface area contributed by atoms with E-state index in [1.165, 1.54) is 0 Å². The van der Waals surface area contributed by atoms with Gasteiger partial charge in [-0.1, -0.05) is 0 Å². The molecule has 0 amide bonds. The van der Waals surface area contributed by atoms with Crippen LogP contribution in [0.15, 0.2) is 0 Å². The first-order valence-electron chi connectivity index (χ1n) is 2.78. The molecule has 0 aliphatic rings. The van der Waals surface area contributed by atoms with Gasteiger partial charge in [-0.3, -0.25) is 14.4 Å². The number of carbonyl (C=O) groups is 3. The SMILES string of the molecule is CC(=O)O.CC(=O)O.CC(=O)O.O.O.O.O.O.O.[Ce]. The van der Waals surface area contributed by atoms with Crippen LogP contribution in [0, 0.1) is 41.7 Å². The third kappa shape index (κ3) is 20600. The van der Waals surface area contributed by atoms with Crippen molar-refractivity contribution in [3.63, 3.8) is 0 Å². The Bertz CT molecular complexity index is 120. The largest absolute Gasteiger partial charge is 0.481 e. The summed E-state index contributed by atoms with van der Waals surface area (Å²) in [4.78, 5) is 27.0. The van der Waals surface area contributed by atoms with Crippen LogP contribution in [0.3, 0.4) is 0 Å². The molecule has 0 rings (SSSR count). The third-order valence-corrected chi connectivity index (χ3v) is 0. The number of hydrogen-bond donors (Lipinski definition) is 3. The normalized spacial score (nSPS) is 3.95. The number of rotatable bonds is 0. The van der Waals surface area contributed by atoms with Crippen molar-refractivity contribution in [2.24, 2.45) is 0 Å². The zero-order chi connectivity index (χ0) is 10.7. The van der Waals surface area contributed by atoms with Crippen molar-refractivity contribution in [2.45, 2.75) is 20.8 Å². The molecular formula is C6H24CeO12. The Balaban J connectivity index is -0.00000000675. The van der Waals surface area contributed by atoms with Gasteiger partial charge in [0.25, 0.3) is 17.9 Å². The van der Waals surface area contributed by atoms with Crippen molar-refractivity contribution < 1.29 is 104 Å². The van der Waals surface area contributed by atoms with E-state index >= 15 is 0 Å². The van der Waals surface area contributed by atoms with E-state index in [9.17, 15) is 0 Å². The van der Waals surface area contributed by atoms with Crippen LogP contribution < -0.4 is 0 Å². The van der Waals surface area contributed by atoms with Crippen LogP contribution in [-0.4, -0.2) is 66.1 Å². The molecule has 0 saturated heterocycles. The maximum atomic E-state index is 9.00. The molecule has 0 heterocycles. The summed E-state index contributed by atoms with van der Waals surface area (Å²) in [6.07, 6.45) is 0. The van der Waals surface area contributed by atoms with Gasteiger partial charge in [0.2, 0.25) is 0 Å². The average Bonchev–Trinajstić information content (AvgIpc) is 1.54. The summed E-state index contributed by atoms with van der Waals surface area (Å²) in [6.45, 7) is 3.25. The van der Waals surface area contributed by atoms with E-state index in [-0.39, 0.29) is 74.6 Å². The molecule has 0 atom stereocenters. The number of hydrogen-bond acceptors (Lipinski definition) is 3. The van der Waals surface area contributed by atoms with E-state index in [1.54, 1.807) is 0 Å². The van der Waals surface area contributed by atoms with Gasteiger partial charge in [0.05, 0.1) is 0 Å². The molecule has 124 valence electrons. The van der Waals surface area contributed by atoms with Gasteiger partial charge >= 0.3 is 0 Å². The van der Waals surface area contributed by atoms with Crippen molar-refractivity contribution in [3.05, 3.63) is 0 Å². The first-order chi connectivity index (χ1) is 5.20. The minimum atomic E-state index is -0.833. The summed E-state index contributed by atoms with van der Waals surface area (Å²) >= 11 is 0. The van der Waals surface area contributed by atoms with Gasteiger partial charge in [-0.15, -0.1) is 0 Å². The molecule has 0 spiro atoms. The molecule has 0 aromatic carbocycles. The Morgan fingerprint density at radius 3 is 0.526 bits per heavy atom. The fourth-order valence-corrected chi connectivity index (χ4v) is 0. The van der Waals surface area contributed by atoms with Crippen LogP contribution in [0.2, 0.25) is 0 Å². The molecule has 12 nitrogen and oxygen atoms in total. The van der Waals surface area contributed by atoms with Gasteiger partial charge in [0.15, 0.2) is 0 Å². The zero-order valence-electron chi connectivity index (χ0n) is 10.6. The molecule has 0 aromatic rings. The Hall–Kier alpha value is -0.453. The molecule has 0 unspecified atom stereocenters. The molecule has 13 heteroatoms. The molecular weight excluding hydrogens is 404 g/mol. The van der Waals surface area contributed by atoms with E-state index < -0.39 is 17.9 Å². The summed E-state index contributed by atoms with van der Waals surface area (Å²) in [7, 11) is 0. The van der Waals surface area contributed by atoms with Gasteiger partial charge in [-0.05, 0) is 0 Å². The fourth-order valence-electron chi connectivity index (χ4n) is 0. The predicted molar refractivity (Wildman–Crippen MR) is 61.6 cm³/mol. The molecule has 0 bridgehead atoms. The topological polar surface area (TPSA) is 301 Å². The van der Waals surface area contributed by atoms with Crippen LogP contribution in [0.25, 0.3) is 0 Å². The van der Waals surface area contributed by atoms with Crippen molar-refractivity contribution in [1.29, 1.82) is 0 Å². The van der Waals surface area contributed by atoms with Crippen LogP contribution in [0.5, 0.6) is 0 Å². The summed E-state index contributed by atoms with van der Waals surface area (Å²) in [5.41, 5.74) is 0. The van der Waals surface area contributed by atoms with Gasteiger partial charge in [0, 0.05) is 62.5 Å². The third-order valence-electron chi connectivity index (χ3n) is 0. The van der Waals surface area contributed by atoms with E-state index in [1.807, 2.05) is 0 Å². The molecule has 15 N–H and O–H groups in total. The van der Waals surface area contributed by atoms with Gasteiger partial charge in [-0.25, -0.2) is 0 Å². The number of aliphatic carboxylic acids is 3. The zero-order valence-corrected chi connectivity index (χ0v) is 13.7. The molecule has 0 aromatic heterocycles. The van der Waals surface area contributed by atoms with Crippen LogP contribution in [-0.2, 0) is 14.4 Å². The molecule has 0 aliphatic carbocycles. The Morgan fingerprint density at radius 2 is 0.526 bits per heavy atom. The van der Waals surface area contributed by atoms with E-state index in [2.05, 4.69) is 0 Å². The minimum absolute atomic E-state index is 0. The summed E-state index contributed by atoms with van der Waals surface area (Å²) in [5.74, 6) is -2.50. The van der Waals surface area contributed by atoms with Crippen LogP contribution in [0.4, 0.5) is 0 Å².